The van der Waals surface area contributed by atoms with Crippen LogP contribution in [0.25, 0.3) is 0 Å². The van der Waals surface area contributed by atoms with E-state index in [1.165, 1.54) is 31.4 Å². The maximum absolute atomic E-state index is 5.53. The standard InChI is InChI=1S/C13H23N3OS/c18-13(14-10-12-8-5-9-17-12)16-15-11-6-3-1-2-4-7-11/h12H,1-10H2,(H2,14,16,18)/t12-/m0/s1. The number of hydrogen-bond acceptors (Lipinski definition) is 3. The Bertz CT molecular complexity index is 291. The molecule has 0 aromatic rings. The molecule has 0 unspecified atom stereocenters. The summed E-state index contributed by atoms with van der Waals surface area (Å²) in [4.78, 5) is 0. The van der Waals surface area contributed by atoms with Crippen LogP contribution in [0, 0.1) is 0 Å². The van der Waals surface area contributed by atoms with E-state index < -0.39 is 0 Å². The molecule has 2 fully saturated rings. The molecule has 1 aliphatic carbocycles. The molecule has 0 aromatic carbocycles. The Morgan fingerprint density at radius 1 is 1.22 bits per heavy atom. The van der Waals surface area contributed by atoms with Gasteiger partial charge in [0.25, 0.3) is 0 Å². The third kappa shape index (κ3) is 4.90. The van der Waals surface area contributed by atoms with Crippen molar-refractivity contribution >= 4 is 23.0 Å². The van der Waals surface area contributed by atoms with Crippen LogP contribution in [0.15, 0.2) is 5.10 Å². The molecule has 18 heavy (non-hydrogen) atoms. The van der Waals surface area contributed by atoms with Gasteiger partial charge in [-0.05, 0) is 50.7 Å². The molecule has 1 heterocycles. The van der Waals surface area contributed by atoms with Gasteiger partial charge in [-0.2, -0.15) is 5.10 Å². The van der Waals surface area contributed by atoms with Crippen molar-refractivity contribution in [3.05, 3.63) is 0 Å². The SMILES string of the molecule is S=C(NC[C@@H]1CCCO1)NN=C1CCCCCC1. The Hall–Kier alpha value is -0.680. The van der Waals surface area contributed by atoms with Gasteiger partial charge in [0.15, 0.2) is 5.11 Å². The van der Waals surface area contributed by atoms with Crippen LogP contribution in [0.2, 0.25) is 0 Å². The van der Waals surface area contributed by atoms with E-state index in [-0.39, 0.29) is 0 Å². The van der Waals surface area contributed by atoms with Crippen molar-refractivity contribution in [3.8, 4) is 0 Å². The van der Waals surface area contributed by atoms with E-state index in [1.54, 1.807) is 0 Å². The first-order valence-corrected chi connectivity index (χ1v) is 7.46. The molecule has 5 heteroatoms. The van der Waals surface area contributed by atoms with Gasteiger partial charge in [-0.1, -0.05) is 12.8 Å². The molecular weight excluding hydrogens is 246 g/mol. The summed E-state index contributed by atoms with van der Waals surface area (Å²) in [6.07, 6.45) is 10.0. The molecule has 0 aromatic heterocycles. The third-order valence-electron chi connectivity index (χ3n) is 3.51. The van der Waals surface area contributed by atoms with Crippen LogP contribution in [0.1, 0.15) is 51.4 Å². The van der Waals surface area contributed by atoms with Crippen LogP contribution in [-0.4, -0.2) is 30.1 Å². The Kier molecular flexibility index (Phi) is 5.87. The summed E-state index contributed by atoms with van der Waals surface area (Å²) in [5, 5.41) is 8.19. The van der Waals surface area contributed by atoms with Gasteiger partial charge in [-0.3, -0.25) is 5.43 Å². The first-order valence-electron chi connectivity index (χ1n) is 7.05. The summed E-state index contributed by atoms with van der Waals surface area (Å²) < 4.78 is 5.53. The Balaban J connectivity index is 1.64. The molecular formula is C13H23N3OS. The molecule has 1 saturated carbocycles. The van der Waals surface area contributed by atoms with Crippen molar-refractivity contribution < 1.29 is 4.74 Å². The molecule has 1 aliphatic heterocycles. The van der Waals surface area contributed by atoms with E-state index in [0.29, 0.717) is 11.2 Å². The van der Waals surface area contributed by atoms with E-state index in [1.807, 2.05) is 0 Å². The van der Waals surface area contributed by atoms with E-state index in [9.17, 15) is 0 Å². The number of nitrogens with zero attached hydrogens (tertiary/aromatic N) is 1. The summed E-state index contributed by atoms with van der Waals surface area (Å²) in [6, 6.07) is 0. The van der Waals surface area contributed by atoms with E-state index in [2.05, 4.69) is 15.8 Å². The fourth-order valence-corrected chi connectivity index (χ4v) is 2.56. The first-order chi connectivity index (χ1) is 8.84. The zero-order valence-electron chi connectivity index (χ0n) is 10.9. The van der Waals surface area contributed by atoms with Gasteiger partial charge in [-0.15, -0.1) is 0 Å². The van der Waals surface area contributed by atoms with Crippen molar-refractivity contribution in [3.63, 3.8) is 0 Å². The first kappa shape index (κ1) is 13.7. The molecule has 2 rings (SSSR count). The zero-order valence-corrected chi connectivity index (χ0v) is 11.7. The van der Waals surface area contributed by atoms with E-state index in [4.69, 9.17) is 17.0 Å². The topological polar surface area (TPSA) is 45.6 Å². The number of rotatable bonds is 3. The van der Waals surface area contributed by atoms with Gasteiger partial charge in [0.2, 0.25) is 0 Å². The molecule has 1 atom stereocenters. The fourth-order valence-electron chi connectivity index (χ4n) is 2.43. The summed E-state index contributed by atoms with van der Waals surface area (Å²) in [5.74, 6) is 0. The molecule has 4 nitrogen and oxygen atoms in total. The number of hydrogen-bond donors (Lipinski definition) is 2. The highest BCUT2D eigenvalue weighted by Crippen LogP contribution is 2.14. The molecule has 2 N–H and O–H groups in total. The quantitative estimate of drug-likeness (QED) is 0.469. The molecule has 0 radical (unpaired) electrons. The lowest BCUT2D eigenvalue weighted by Gasteiger charge is -2.12. The minimum Gasteiger partial charge on any atom is -0.376 e. The normalized spacial score (nSPS) is 24.4. The van der Waals surface area contributed by atoms with Gasteiger partial charge in [-0.25, -0.2) is 0 Å². The average molecular weight is 269 g/mol. The van der Waals surface area contributed by atoms with Crippen LogP contribution in [0.4, 0.5) is 0 Å². The van der Waals surface area contributed by atoms with Crippen LogP contribution >= 0.6 is 12.2 Å². The lowest BCUT2D eigenvalue weighted by molar-refractivity contribution is 0.114. The lowest BCUT2D eigenvalue weighted by atomic mass is 10.2. The van der Waals surface area contributed by atoms with Crippen LogP contribution in [-0.2, 0) is 4.74 Å². The Morgan fingerprint density at radius 2 is 2.00 bits per heavy atom. The number of thiocarbonyl (C=S) groups is 1. The van der Waals surface area contributed by atoms with E-state index in [0.717, 1.165) is 38.8 Å². The summed E-state index contributed by atoms with van der Waals surface area (Å²) >= 11 is 5.21. The molecule has 1 saturated heterocycles. The second kappa shape index (κ2) is 7.69. The van der Waals surface area contributed by atoms with Crippen LogP contribution < -0.4 is 10.7 Å². The predicted molar refractivity (Wildman–Crippen MR) is 77.8 cm³/mol. The van der Waals surface area contributed by atoms with Gasteiger partial charge in [0, 0.05) is 18.9 Å². The van der Waals surface area contributed by atoms with Gasteiger partial charge in [0.05, 0.1) is 6.10 Å². The maximum Gasteiger partial charge on any atom is 0.187 e. The second-order valence-corrected chi connectivity index (χ2v) is 5.46. The summed E-state index contributed by atoms with van der Waals surface area (Å²) in [7, 11) is 0. The van der Waals surface area contributed by atoms with Crippen LogP contribution in [0.5, 0.6) is 0 Å². The van der Waals surface area contributed by atoms with Gasteiger partial charge >= 0.3 is 0 Å². The fraction of sp³-hybridized carbons (Fsp3) is 0.846. The molecule has 2 aliphatic rings. The monoisotopic (exact) mass is 269 g/mol. The molecule has 102 valence electrons. The van der Waals surface area contributed by atoms with Crippen molar-refractivity contribution in [1.29, 1.82) is 0 Å². The summed E-state index contributed by atoms with van der Waals surface area (Å²) in [6.45, 7) is 1.67. The second-order valence-electron chi connectivity index (χ2n) is 5.05. The highest BCUT2D eigenvalue weighted by molar-refractivity contribution is 7.80. The minimum atomic E-state index is 0.315. The lowest BCUT2D eigenvalue weighted by Crippen LogP contribution is -2.37. The Morgan fingerprint density at radius 3 is 2.67 bits per heavy atom. The largest absolute Gasteiger partial charge is 0.376 e. The maximum atomic E-state index is 5.53. The molecule has 0 bridgehead atoms. The van der Waals surface area contributed by atoms with E-state index >= 15 is 0 Å². The van der Waals surface area contributed by atoms with Crippen molar-refractivity contribution in [2.45, 2.75) is 57.5 Å². The van der Waals surface area contributed by atoms with Crippen LogP contribution in [0.3, 0.4) is 0 Å². The zero-order chi connectivity index (χ0) is 12.6. The minimum absolute atomic E-state index is 0.315. The summed E-state index contributed by atoms with van der Waals surface area (Å²) in [5.41, 5.74) is 4.21. The van der Waals surface area contributed by atoms with Crippen molar-refractivity contribution in [2.24, 2.45) is 5.10 Å². The average Bonchev–Trinajstić information content (AvgIpc) is 2.76. The number of ether oxygens (including phenoxy) is 1. The number of hydrazone groups is 1. The highest BCUT2D eigenvalue weighted by atomic mass is 32.1. The van der Waals surface area contributed by atoms with Crippen molar-refractivity contribution in [1.82, 2.24) is 10.7 Å². The molecule has 0 spiro atoms. The van der Waals surface area contributed by atoms with Gasteiger partial charge < -0.3 is 10.1 Å². The predicted octanol–water partition coefficient (Wildman–Crippen LogP) is 2.34. The van der Waals surface area contributed by atoms with Crippen molar-refractivity contribution in [2.75, 3.05) is 13.2 Å². The molecule has 0 amide bonds. The third-order valence-corrected chi connectivity index (χ3v) is 3.75. The smallest absolute Gasteiger partial charge is 0.187 e. The Labute approximate surface area is 115 Å². The highest BCUT2D eigenvalue weighted by Gasteiger charge is 2.15. The number of nitrogens with one attached hydrogen (secondary N) is 2. The van der Waals surface area contributed by atoms with Gasteiger partial charge in [0.1, 0.15) is 0 Å².